The minimum atomic E-state index is -0.597. The van der Waals surface area contributed by atoms with Crippen molar-refractivity contribution in [2.75, 3.05) is 5.32 Å². The van der Waals surface area contributed by atoms with Crippen molar-refractivity contribution in [3.8, 4) is 22.4 Å². The number of aryl methyl sites for hydroxylation is 1. The molecule has 3 N–H and O–H groups in total. The predicted octanol–water partition coefficient (Wildman–Crippen LogP) is 4.06. The maximum Gasteiger partial charge on any atom is 0.258 e. The number of carbonyl (C=O) groups is 2. The highest BCUT2D eigenvalue weighted by Gasteiger charge is 2.24. The third kappa shape index (κ3) is 3.68. The second-order valence-corrected chi connectivity index (χ2v) is 6.71. The van der Waals surface area contributed by atoms with Gasteiger partial charge in [-0.25, -0.2) is 0 Å². The van der Waals surface area contributed by atoms with Gasteiger partial charge < -0.3 is 10.3 Å². The molecule has 148 valence electrons. The van der Waals surface area contributed by atoms with E-state index in [1.54, 1.807) is 54.9 Å². The quantitative estimate of drug-likeness (QED) is 0.526. The number of pyridine rings is 1. The van der Waals surface area contributed by atoms with Crippen LogP contribution in [0.1, 0.15) is 26.3 Å². The van der Waals surface area contributed by atoms with Crippen molar-refractivity contribution < 1.29 is 14.1 Å². The average molecular weight is 398 g/mol. The number of nitrogens with two attached hydrogens (primary N) is 1. The number of aromatic nitrogens is 2. The summed E-state index contributed by atoms with van der Waals surface area (Å²) in [7, 11) is 0. The van der Waals surface area contributed by atoms with Crippen LogP contribution in [0.15, 0.2) is 77.6 Å². The largest absolute Gasteiger partial charge is 0.366 e. The predicted molar refractivity (Wildman–Crippen MR) is 113 cm³/mol. The molecule has 2 amide bonds. The summed E-state index contributed by atoms with van der Waals surface area (Å²) in [5.74, 6) is -0.838. The third-order valence-electron chi connectivity index (χ3n) is 4.63. The van der Waals surface area contributed by atoms with Crippen molar-refractivity contribution >= 4 is 17.7 Å². The van der Waals surface area contributed by atoms with Gasteiger partial charge in [0.2, 0.25) is 11.8 Å². The number of hydrogen-bond donors (Lipinski definition) is 2. The first-order valence-electron chi connectivity index (χ1n) is 9.22. The number of primary amides is 1. The SMILES string of the molecule is Cc1ccc(C(=O)Nc2onc(-c3cccnc3)c2-c2ccccc2C(N)=O)cc1. The second-order valence-electron chi connectivity index (χ2n) is 6.71. The molecule has 0 saturated heterocycles. The molecule has 0 aliphatic heterocycles. The minimum absolute atomic E-state index is 0.119. The molecule has 0 fully saturated rings. The summed E-state index contributed by atoms with van der Waals surface area (Å²) < 4.78 is 5.49. The molecule has 4 aromatic rings. The van der Waals surface area contributed by atoms with E-state index in [9.17, 15) is 9.59 Å². The lowest BCUT2D eigenvalue weighted by atomic mass is 9.96. The maximum atomic E-state index is 12.8. The monoisotopic (exact) mass is 398 g/mol. The van der Waals surface area contributed by atoms with Crippen LogP contribution in [-0.2, 0) is 0 Å². The smallest absolute Gasteiger partial charge is 0.258 e. The molecule has 0 aliphatic rings. The molecule has 2 aromatic heterocycles. The Morgan fingerprint density at radius 1 is 1.00 bits per heavy atom. The van der Waals surface area contributed by atoms with Gasteiger partial charge >= 0.3 is 0 Å². The average Bonchev–Trinajstić information content (AvgIpc) is 3.18. The van der Waals surface area contributed by atoms with Gasteiger partial charge in [-0.15, -0.1) is 0 Å². The zero-order valence-electron chi connectivity index (χ0n) is 16.1. The van der Waals surface area contributed by atoms with Crippen LogP contribution in [0.4, 0.5) is 5.88 Å². The Bertz CT molecular complexity index is 1210. The zero-order valence-corrected chi connectivity index (χ0v) is 16.1. The molecule has 0 radical (unpaired) electrons. The van der Waals surface area contributed by atoms with E-state index < -0.39 is 5.91 Å². The van der Waals surface area contributed by atoms with Gasteiger partial charge in [0.1, 0.15) is 5.69 Å². The highest BCUT2D eigenvalue weighted by Crippen LogP contribution is 2.39. The Morgan fingerprint density at radius 2 is 1.77 bits per heavy atom. The van der Waals surface area contributed by atoms with Gasteiger partial charge in [-0.1, -0.05) is 41.1 Å². The summed E-state index contributed by atoms with van der Waals surface area (Å²) >= 11 is 0. The molecule has 0 bridgehead atoms. The highest BCUT2D eigenvalue weighted by atomic mass is 16.5. The van der Waals surface area contributed by atoms with Crippen molar-refractivity contribution in [3.05, 3.63) is 89.7 Å². The number of anilines is 1. The normalized spacial score (nSPS) is 10.6. The molecule has 4 rings (SSSR count). The summed E-state index contributed by atoms with van der Waals surface area (Å²) in [6.07, 6.45) is 3.26. The number of carbonyl (C=O) groups excluding carboxylic acids is 2. The number of benzene rings is 2. The first-order chi connectivity index (χ1) is 14.5. The molecule has 0 saturated carbocycles. The molecule has 30 heavy (non-hydrogen) atoms. The molecule has 2 aromatic carbocycles. The van der Waals surface area contributed by atoms with Crippen LogP contribution >= 0.6 is 0 Å². The first kappa shape index (κ1) is 19.1. The Kier molecular flexibility index (Phi) is 5.09. The molecule has 0 aliphatic carbocycles. The summed E-state index contributed by atoms with van der Waals surface area (Å²) in [5.41, 5.74) is 9.45. The minimum Gasteiger partial charge on any atom is -0.366 e. The Hall–Kier alpha value is -4.26. The van der Waals surface area contributed by atoms with Gasteiger partial charge in [0.25, 0.3) is 5.91 Å². The number of rotatable bonds is 5. The van der Waals surface area contributed by atoms with E-state index in [0.29, 0.717) is 27.9 Å². The van der Waals surface area contributed by atoms with E-state index in [1.165, 1.54) is 0 Å². The molecular weight excluding hydrogens is 380 g/mol. The molecule has 2 heterocycles. The van der Waals surface area contributed by atoms with Crippen molar-refractivity contribution in [1.29, 1.82) is 0 Å². The third-order valence-corrected chi connectivity index (χ3v) is 4.63. The maximum absolute atomic E-state index is 12.8. The Morgan fingerprint density at radius 3 is 2.47 bits per heavy atom. The van der Waals surface area contributed by atoms with Gasteiger partial charge in [-0.05, 0) is 37.3 Å². The Balaban J connectivity index is 1.84. The summed E-state index contributed by atoms with van der Waals surface area (Å²) in [6, 6.07) is 17.5. The number of amides is 2. The molecule has 7 heteroatoms. The van der Waals surface area contributed by atoms with Gasteiger partial charge in [-0.3, -0.25) is 19.9 Å². The van der Waals surface area contributed by atoms with Crippen LogP contribution in [0.3, 0.4) is 0 Å². The number of nitrogens with one attached hydrogen (secondary N) is 1. The van der Waals surface area contributed by atoms with Crippen molar-refractivity contribution in [1.82, 2.24) is 10.1 Å². The highest BCUT2D eigenvalue weighted by molar-refractivity contribution is 6.08. The van der Waals surface area contributed by atoms with Crippen LogP contribution < -0.4 is 11.1 Å². The Labute approximate surface area is 172 Å². The van der Waals surface area contributed by atoms with E-state index in [2.05, 4.69) is 15.5 Å². The fraction of sp³-hybridized carbons (Fsp3) is 0.0435. The fourth-order valence-electron chi connectivity index (χ4n) is 3.12. The zero-order chi connectivity index (χ0) is 21.1. The van der Waals surface area contributed by atoms with E-state index in [0.717, 1.165) is 5.56 Å². The lowest BCUT2D eigenvalue weighted by Crippen LogP contribution is -2.14. The topological polar surface area (TPSA) is 111 Å². The molecule has 0 spiro atoms. The van der Waals surface area contributed by atoms with Crippen LogP contribution in [0.2, 0.25) is 0 Å². The van der Waals surface area contributed by atoms with Crippen molar-refractivity contribution in [2.45, 2.75) is 6.92 Å². The van der Waals surface area contributed by atoms with Crippen molar-refractivity contribution in [3.63, 3.8) is 0 Å². The van der Waals surface area contributed by atoms with Crippen LogP contribution in [-0.4, -0.2) is 22.0 Å². The van der Waals surface area contributed by atoms with Crippen LogP contribution in [0.25, 0.3) is 22.4 Å². The molecule has 7 nitrogen and oxygen atoms in total. The van der Waals surface area contributed by atoms with Gasteiger partial charge in [0.15, 0.2) is 0 Å². The number of nitrogens with zero attached hydrogens (tertiary/aromatic N) is 2. The van der Waals surface area contributed by atoms with Crippen LogP contribution in [0, 0.1) is 6.92 Å². The molecular formula is C23H18N4O3. The van der Waals surface area contributed by atoms with E-state index in [4.69, 9.17) is 10.3 Å². The summed E-state index contributed by atoms with van der Waals surface area (Å²) in [6.45, 7) is 1.94. The second kappa shape index (κ2) is 8.00. The lowest BCUT2D eigenvalue weighted by Gasteiger charge is -2.09. The molecule has 0 unspecified atom stereocenters. The standard InChI is InChI=1S/C23H18N4O3/c1-14-8-10-15(11-9-14)22(29)26-23-19(17-6-2-3-7-18(17)21(24)28)20(27-30-23)16-5-4-12-25-13-16/h2-13H,1H3,(H2,24,28)(H,26,29). The molecule has 0 atom stereocenters. The van der Waals surface area contributed by atoms with E-state index in [1.807, 2.05) is 25.1 Å². The summed E-state index contributed by atoms with van der Waals surface area (Å²) in [4.78, 5) is 28.9. The van der Waals surface area contributed by atoms with Gasteiger partial charge in [0.05, 0.1) is 5.56 Å². The fourth-order valence-corrected chi connectivity index (χ4v) is 3.12. The first-order valence-corrected chi connectivity index (χ1v) is 9.22. The summed E-state index contributed by atoms with van der Waals surface area (Å²) in [5, 5.41) is 6.90. The lowest BCUT2D eigenvalue weighted by molar-refractivity contribution is 0.0998. The van der Waals surface area contributed by atoms with E-state index in [-0.39, 0.29) is 17.4 Å². The number of hydrogen-bond acceptors (Lipinski definition) is 5. The van der Waals surface area contributed by atoms with Crippen LogP contribution in [0.5, 0.6) is 0 Å². The van der Waals surface area contributed by atoms with Gasteiger partial charge in [0, 0.05) is 34.6 Å². The van der Waals surface area contributed by atoms with Gasteiger partial charge in [-0.2, -0.15) is 0 Å². The van der Waals surface area contributed by atoms with Crippen molar-refractivity contribution in [2.24, 2.45) is 5.73 Å². The van der Waals surface area contributed by atoms with E-state index >= 15 is 0 Å².